The highest BCUT2D eigenvalue weighted by Crippen LogP contribution is 2.32. The molecule has 1 saturated heterocycles. The summed E-state index contributed by atoms with van der Waals surface area (Å²) in [6, 6.07) is 6.84. The molecular weight excluding hydrogens is 278 g/mol. The molecule has 1 amide bonds. The van der Waals surface area contributed by atoms with Crippen LogP contribution in [0.4, 0.5) is 0 Å². The number of rotatable bonds is 2. The summed E-state index contributed by atoms with van der Waals surface area (Å²) in [4.78, 5) is 18.6. The van der Waals surface area contributed by atoms with Crippen LogP contribution in [-0.2, 0) is 0 Å². The number of benzene rings is 1. The van der Waals surface area contributed by atoms with Crippen molar-refractivity contribution in [2.75, 3.05) is 6.54 Å². The first-order chi connectivity index (χ1) is 9.65. The Bertz CT molecular complexity index is 641. The van der Waals surface area contributed by atoms with Crippen LogP contribution in [0.15, 0.2) is 28.8 Å². The number of aryl methyl sites for hydroxylation is 1. The van der Waals surface area contributed by atoms with Crippen molar-refractivity contribution in [3.8, 4) is 0 Å². The summed E-state index contributed by atoms with van der Waals surface area (Å²) in [6.45, 7) is 2.46. The van der Waals surface area contributed by atoms with Crippen molar-refractivity contribution in [1.82, 2.24) is 15.0 Å². The summed E-state index contributed by atoms with van der Waals surface area (Å²) in [5, 5.41) is 4.35. The third kappa shape index (κ3) is 2.41. The molecular formula is C14H14ClN3O2. The second-order valence-electron chi connectivity index (χ2n) is 4.85. The number of likely N-dealkylation sites (tertiary alicyclic amines) is 1. The molecule has 0 radical (unpaired) electrons. The molecule has 6 heteroatoms. The number of aromatic nitrogens is 2. The van der Waals surface area contributed by atoms with Crippen molar-refractivity contribution >= 4 is 17.5 Å². The first kappa shape index (κ1) is 13.1. The molecule has 104 valence electrons. The van der Waals surface area contributed by atoms with Crippen molar-refractivity contribution in [1.29, 1.82) is 0 Å². The lowest BCUT2D eigenvalue weighted by Gasteiger charge is -2.21. The van der Waals surface area contributed by atoms with Crippen LogP contribution >= 0.6 is 11.6 Å². The average Bonchev–Trinajstić information content (AvgIpc) is 3.06. The molecule has 1 unspecified atom stereocenters. The summed E-state index contributed by atoms with van der Waals surface area (Å²) >= 11 is 5.94. The van der Waals surface area contributed by atoms with E-state index in [1.165, 1.54) is 0 Å². The van der Waals surface area contributed by atoms with Crippen LogP contribution in [0.2, 0.25) is 5.02 Å². The van der Waals surface area contributed by atoms with Crippen LogP contribution in [0.25, 0.3) is 0 Å². The van der Waals surface area contributed by atoms with Crippen LogP contribution in [0.1, 0.15) is 41.0 Å². The third-order valence-corrected chi connectivity index (χ3v) is 3.65. The van der Waals surface area contributed by atoms with Gasteiger partial charge in [0.05, 0.1) is 0 Å². The van der Waals surface area contributed by atoms with Gasteiger partial charge in [0.25, 0.3) is 5.91 Å². The number of hydrogen-bond donors (Lipinski definition) is 0. The van der Waals surface area contributed by atoms with E-state index >= 15 is 0 Å². The third-order valence-electron chi connectivity index (χ3n) is 3.41. The lowest BCUT2D eigenvalue weighted by atomic mass is 10.1. The largest absolute Gasteiger partial charge is 0.337 e. The van der Waals surface area contributed by atoms with Crippen LogP contribution in [0.3, 0.4) is 0 Å². The van der Waals surface area contributed by atoms with Gasteiger partial charge in [-0.2, -0.15) is 4.98 Å². The predicted molar refractivity (Wildman–Crippen MR) is 73.5 cm³/mol. The Labute approximate surface area is 121 Å². The molecule has 3 rings (SSSR count). The van der Waals surface area contributed by atoms with Gasteiger partial charge in [-0.15, -0.1) is 0 Å². The summed E-state index contributed by atoms with van der Waals surface area (Å²) in [5.41, 5.74) is 0.584. The SMILES string of the molecule is Cc1noc(C2CCCN2C(=O)c2cccc(Cl)c2)n1. The van der Waals surface area contributed by atoms with Crippen molar-refractivity contribution in [2.45, 2.75) is 25.8 Å². The second-order valence-corrected chi connectivity index (χ2v) is 5.28. The summed E-state index contributed by atoms with van der Waals surface area (Å²) in [5.74, 6) is 1.04. The van der Waals surface area contributed by atoms with Gasteiger partial charge in [-0.25, -0.2) is 0 Å². The second kappa shape index (κ2) is 5.25. The number of carbonyl (C=O) groups excluding carboxylic acids is 1. The molecule has 0 aliphatic carbocycles. The average molecular weight is 292 g/mol. The molecule has 2 aromatic rings. The molecule has 0 spiro atoms. The van der Waals surface area contributed by atoms with E-state index in [0.717, 1.165) is 12.8 Å². The maximum Gasteiger partial charge on any atom is 0.254 e. The minimum atomic E-state index is -0.136. The molecule has 2 heterocycles. The Kier molecular flexibility index (Phi) is 3.44. The number of amides is 1. The molecule has 0 N–H and O–H groups in total. The standard InChI is InChI=1S/C14H14ClN3O2/c1-9-16-13(20-17-9)12-6-3-7-18(12)14(19)10-4-2-5-11(15)8-10/h2,4-5,8,12H,3,6-7H2,1H3. The maximum absolute atomic E-state index is 12.6. The molecule has 5 nitrogen and oxygen atoms in total. The summed E-state index contributed by atoms with van der Waals surface area (Å²) in [6.07, 6.45) is 1.77. The van der Waals surface area contributed by atoms with Gasteiger partial charge in [0, 0.05) is 17.1 Å². The van der Waals surface area contributed by atoms with Gasteiger partial charge >= 0.3 is 0 Å². The van der Waals surface area contributed by atoms with Gasteiger partial charge in [-0.3, -0.25) is 4.79 Å². The number of hydrogen-bond acceptors (Lipinski definition) is 4. The first-order valence-electron chi connectivity index (χ1n) is 6.52. The lowest BCUT2D eigenvalue weighted by Crippen LogP contribution is -2.30. The molecule has 1 aromatic heterocycles. The highest BCUT2D eigenvalue weighted by atomic mass is 35.5. The maximum atomic E-state index is 12.6. The Morgan fingerprint density at radius 1 is 1.50 bits per heavy atom. The van der Waals surface area contributed by atoms with E-state index in [4.69, 9.17) is 16.1 Å². The van der Waals surface area contributed by atoms with Crippen LogP contribution in [0, 0.1) is 6.92 Å². The molecule has 1 aliphatic heterocycles. The Hall–Kier alpha value is -1.88. The Balaban J connectivity index is 1.87. The molecule has 1 aliphatic rings. The van der Waals surface area contributed by atoms with Crippen molar-refractivity contribution in [3.63, 3.8) is 0 Å². The zero-order chi connectivity index (χ0) is 14.1. The van der Waals surface area contributed by atoms with Crippen LogP contribution in [-0.4, -0.2) is 27.5 Å². The first-order valence-corrected chi connectivity index (χ1v) is 6.89. The normalized spacial score (nSPS) is 18.5. The predicted octanol–water partition coefficient (Wildman–Crippen LogP) is 3.01. The minimum absolute atomic E-state index is 0.0501. The van der Waals surface area contributed by atoms with Gasteiger partial charge in [-0.1, -0.05) is 22.8 Å². The molecule has 1 atom stereocenters. The fraction of sp³-hybridized carbons (Fsp3) is 0.357. The minimum Gasteiger partial charge on any atom is -0.337 e. The van der Waals surface area contributed by atoms with Gasteiger partial charge < -0.3 is 9.42 Å². The number of nitrogens with zero attached hydrogens (tertiary/aromatic N) is 3. The van der Waals surface area contributed by atoms with E-state index in [9.17, 15) is 4.79 Å². The van der Waals surface area contributed by atoms with Crippen LogP contribution in [0.5, 0.6) is 0 Å². The lowest BCUT2D eigenvalue weighted by molar-refractivity contribution is 0.0710. The van der Waals surface area contributed by atoms with Gasteiger partial charge in [0.1, 0.15) is 6.04 Å². The molecule has 1 aromatic carbocycles. The fourth-order valence-corrected chi connectivity index (χ4v) is 2.69. The smallest absolute Gasteiger partial charge is 0.254 e. The number of halogens is 1. The van der Waals surface area contributed by atoms with Crippen molar-refractivity contribution < 1.29 is 9.32 Å². The van der Waals surface area contributed by atoms with Crippen molar-refractivity contribution in [3.05, 3.63) is 46.6 Å². The van der Waals surface area contributed by atoms with E-state index in [0.29, 0.717) is 28.8 Å². The summed E-state index contributed by atoms with van der Waals surface area (Å²) in [7, 11) is 0. The highest BCUT2D eigenvalue weighted by molar-refractivity contribution is 6.30. The van der Waals surface area contributed by atoms with Crippen molar-refractivity contribution in [2.24, 2.45) is 0 Å². The Morgan fingerprint density at radius 2 is 2.35 bits per heavy atom. The molecule has 20 heavy (non-hydrogen) atoms. The molecule has 0 saturated carbocycles. The monoisotopic (exact) mass is 291 g/mol. The quantitative estimate of drug-likeness (QED) is 0.853. The van der Waals surface area contributed by atoms with Crippen LogP contribution < -0.4 is 0 Å². The van der Waals surface area contributed by atoms with E-state index < -0.39 is 0 Å². The van der Waals surface area contributed by atoms with Gasteiger partial charge in [0.2, 0.25) is 5.89 Å². The summed E-state index contributed by atoms with van der Waals surface area (Å²) < 4.78 is 5.21. The van der Waals surface area contributed by atoms with E-state index in [-0.39, 0.29) is 11.9 Å². The topological polar surface area (TPSA) is 59.2 Å². The Morgan fingerprint density at radius 3 is 3.05 bits per heavy atom. The zero-order valence-corrected chi connectivity index (χ0v) is 11.8. The van der Waals surface area contributed by atoms with E-state index in [1.54, 1.807) is 36.1 Å². The van der Waals surface area contributed by atoms with Gasteiger partial charge in [-0.05, 0) is 38.0 Å². The number of carbonyl (C=O) groups is 1. The molecule has 1 fully saturated rings. The highest BCUT2D eigenvalue weighted by Gasteiger charge is 2.34. The van der Waals surface area contributed by atoms with E-state index in [2.05, 4.69) is 10.1 Å². The van der Waals surface area contributed by atoms with E-state index in [1.807, 2.05) is 0 Å². The zero-order valence-electron chi connectivity index (χ0n) is 11.0. The molecule has 0 bridgehead atoms. The fourth-order valence-electron chi connectivity index (χ4n) is 2.50. The van der Waals surface area contributed by atoms with Gasteiger partial charge in [0.15, 0.2) is 5.82 Å².